The summed E-state index contributed by atoms with van der Waals surface area (Å²) in [6.45, 7) is 0. The van der Waals surface area contributed by atoms with Gasteiger partial charge in [-0.1, -0.05) is 29.3 Å². The largest absolute Gasteiger partial charge is 0.480 e. The van der Waals surface area contributed by atoms with E-state index in [0.29, 0.717) is 10.7 Å². The molecule has 1 amide bonds. The quantitative estimate of drug-likeness (QED) is 0.781. The zero-order chi connectivity index (χ0) is 13.0. The van der Waals surface area contributed by atoms with E-state index < -0.39 is 17.9 Å². The number of benzene rings is 1. The van der Waals surface area contributed by atoms with E-state index in [1.54, 1.807) is 18.2 Å². The molecule has 0 saturated carbocycles. The average molecular weight is 277 g/mol. The molecule has 1 atom stereocenters. The number of carbonyl (C=O) groups is 2. The van der Waals surface area contributed by atoms with Gasteiger partial charge in [0.15, 0.2) is 0 Å². The van der Waals surface area contributed by atoms with Crippen molar-refractivity contribution in [1.29, 1.82) is 0 Å². The molecule has 0 aliphatic carbocycles. The number of amides is 1. The third-order valence-electron chi connectivity index (χ3n) is 1.95. The molecule has 0 bridgehead atoms. The Balaban J connectivity index is 2.69. The van der Waals surface area contributed by atoms with Crippen LogP contribution in [0.2, 0.25) is 10.0 Å². The first-order valence-electron chi connectivity index (χ1n) is 4.64. The molecular formula is C10H10Cl2N2O3. The number of nitrogens with one attached hydrogen (secondary N) is 1. The lowest BCUT2D eigenvalue weighted by molar-refractivity contribution is -0.140. The van der Waals surface area contributed by atoms with Crippen LogP contribution >= 0.6 is 23.2 Å². The van der Waals surface area contributed by atoms with Gasteiger partial charge in [0.1, 0.15) is 6.04 Å². The summed E-state index contributed by atoms with van der Waals surface area (Å²) < 4.78 is 0. The van der Waals surface area contributed by atoms with Gasteiger partial charge in [0.2, 0.25) is 5.91 Å². The van der Waals surface area contributed by atoms with Crippen LogP contribution < -0.4 is 11.1 Å². The molecular weight excluding hydrogens is 267 g/mol. The summed E-state index contributed by atoms with van der Waals surface area (Å²) in [5.41, 5.74) is 5.54. The van der Waals surface area contributed by atoms with Crippen molar-refractivity contribution in [3.63, 3.8) is 0 Å². The van der Waals surface area contributed by atoms with Crippen LogP contribution in [0.1, 0.15) is 6.42 Å². The van der Waals surface area contributed by atoms with Crippen LogP contribution in [-0.4, -0.2) is 23.0 Å². The van der Waals surface area contributed by atoms with Crippen LogP contribution in [0.25, 0.3) is 0 Å². The average Bonchev–Trinajstić information content (AvgIpc) is 2.24. The fourth-order valence-electron chi connectivity index (χ4n) is 1.09. The molecule has 0 radical (unpaired) electrons. The minimum atomic E-state index is -1.24. The smallest absolute Gasteiger partial charge is 0.321 e. The molecule has 0 aromatic heterocycles. The minimum Gasteiger partial charge on any atom is -0.480 e. The van der Waals surface area contributed by atoms with E-state index in [4.69, 9.17) is 34.0 Å². The van der Waals surface area contributed by atoms with Crippen molar-refractivity contribution in [1.82, 2.24) is 0 Å². The topological polar surface area (TPSA) is 92.4 Å². The molecule has 1 rings (SSSR count). The molecule has 0 heterocycles. The van der Waals surface area contributed by atoms with Gasteiger partial charge >= 0.3 is 5.97 Å². The summed E-state index contributed by atoms with van der Waals surface area (Å²) in [4.78, 5) is 21.9. The molecule has 0 spiro atoms. The van der Waals surface area contributed by atoms with Crippen LogP contribution in [0.15, 0.2) is 18.2 Å². The highest BCUT2D eigenvalue weighted by Gasteiger charge is 2.17. The maximum absolute atomic E-state index is 11.4. The third-order valence-corrected chi connectivity index (χ3v) is 2.77. The summed E-state index contributed by atoms with van der Waals surface area (Å²) in [6, 6.07) is 3.50. The van der Waals surface area contributed by atoms with E-state index in [2.05, 4.69) is 5.32 Å². The number of hydrogen-bond donors (Lipinski definition) is 3. The van der Waals surface area contributed by atoms with E-state index in [9.17, 15) is 9.59 Å². The first-order chi connectivity index (χ1) is 7.91. The number of carboxylic acid groups (broad SMARTS) is 1. The van der Waals surface area contributed by atoms with Gasteiger partial charge in [-0.05, 0) is 12.1 Å². The highest BCUT2D eigenvalue weighted by Crippen LogP contribution is 2.29. The summed E-state index contributed by atoms with van der Waals surface area (Å²) in [7, 11) is 0. The van der Waals surface area contributed by atoms with Gasteiger partial charge in [-0.15, -0.1) is 0 Å². The fraction of sp³-hybridized carbons (Fsp3) is 0.200. The number of hydrogen-bond acceptors (Lipinski definition) is 3. The Morgan fingerprint density at radius 3 is 2.65 bits per heavy atom. The molecule has 0 saturated heterocycles. The lowest BCUT2D eigenvalue weighted by Crippen LogP contribution is -2.34. The maximum atomic E-state index is 11.4. The number of anilines is 1. The van der Waals surface area contributed by atoms with E-state index >= 15 is 0 Å². The third kappa shape index (κ3) is 3.89. The second kappa shape index (κ2) is 5.86. The van der Waals surface area contributed by atoms with Gasteiger partial charge in [-0.2, -0.15) is 0 Å². The molecule has 17 heavy (non-hydrogen) atoms. The first kappa shape index (κ1) is 13.8. The monoisotopic (exact) mass is 276 g/mol. The van der Waals surface area contributed by atoms with Gasteiger partial charge in [-0.25, -0.2) is 0 Å². The first-order valence-corrected chi connectivity index (χ1v) is 5.39. The zero-order valence-electron chi connectivity index (χ0n) is 8.61. The Morgan fingerprint density at radius 1 is 1.41 bits per heavy atom. The molecule has 0 aliphatic rings. The van der Waals surface area contributed by atoms with Gasteiger partial charge in [0.05, 0.1) is 22.2 Å². The summed E-state index contributed by atoms with van der Waals surface area (Å²) in [5.74, 6) is -1.78. The van der Waals surface area contributed by atoms with Crippen LogP contribution in [-0.2, 0) is 9.59 Å². The predicted octanol–water partition coefficient (Wildman–Crippen LogP) is 1.73. The number of aliphatic carboxylic acids is 1. The number of halogens is 2. The molecule has 1 aromatic carbocycles. The number of carboxylic acids is 1. The highest BCUT2D eigenvalue weighted by molar-refractivity contribution is 6.43. The summed E-state index contributed by atoms with van der Waals surface area (Å²) >= 11 is 11.6. The number of nitrogens with two attached hydrogens (primary N) is 1. The second-order valence-electron chi connectivity index (χ2n) is 3.30. The van der Waals surface area contributed by atoms with Gasteiger partial charge in [0.25, 0.3) is 0 Å². The molecule has 4 N–H and O–H groups in total. The van der Waals surface area contributed by atoms with Crippen molar-refractivity contribution in [3.8, 4) is 0 Å². The summed E-state index contributed by atoms with van der Waals surface area (Å²) in [6.07, 6.45) is -0.335. The Hall–Kier alpha value is -1.30. The minimum absolute atomic E-state index is 0.200. The van der Waals surface area contributed by atoms with Crippen LogP contribution in [0.5, 0.6) is 0 Å². The number of carbonyl (C=O) groups excluding carboxylic acids is 1. The lowest BCUT2D eigenvalue weighted by Gasteiger charge is -2.09. The number of rotatable bonds is 4. The second-order valence-corrected chi connectivity index (χ2v) is 4.08. The standard InChI is InChI=1S/C10H10Cl2N2O3/c11-5-2-1-3-7(9(5)12)14-8(15)4-6(13)10(16)17/h1-3,6H,4,13H2,(H,14,15)(H,16,17). The van der Waals surface area contributed by atoms with Crippen molar-refractivity contribution in [2.75, 3.05) is 5.32 Å². The van der Waals surface area contributed by atoms with Crippen LogP contribution in [0.3, 0.4) is 0 Å². The lowest BCUT2D eigenvalue weighted by atomic mass is 10.2. The molecule has 7 heteroatoms. The van der Waals surface area contributed by atoms with Crippen molar-refractivity contribution in [3.05, 3.63) is 28.2 Å². The van der Waals surface area contributed by atoms with E-state index in [-0.39, 0.29) is 11.4 Å². The van der Waals surface area contributed by atoms with Crippen molar-refractivity contribution in [2.24, 2.45) is 5.73 Å². The molecule has 0 fully saturated rings. The predicted molar refractivity (Wildman–Crippen MR) is 65.3 cm³/mol. The normalized spacial score (nSPS) is 11.9. The van der Waals surface area contributed by atoms with Crippen molar-refractivity contribution >= 4 is 40.8 Å². The van der Waals surface area contributed by atoms with Gasteiger partial charge in [0, 0.05) is 0 Å². The van der Waals surface area contributed by atoms with Crippen LogP contribution in [0.4, 0.5) is 5.69 Å². The van der Waals surface area contributed by atoms with Gasteiger partial charge < -0.3 is 16.2 Å². The van der Waals surface area contributed by atoms with E-state index in [1.807, 2.05) is 0 Å². The summed E-state index contributed by atoms with van der Waals surface area (Å²) in [5, 5.41) is 11.5. The SMILES string of the molecule is NC(CC(=O)Nc1cccc(Cl)c1Cl)C(=O)O. The van der Waals surface area contributed by atoms with E-state index in [1.165, 1.54) is 0 Å². The van der Waals surface area contributed by atoms with E-state index in [0.717, 1.165) is 0 Å². The Kier molecular flexibility index (Phi) is 4.74. The molecule has 92 valence electrons. The Morgan fingerprint density at radius 2 is 2.06 bits per heavy atom. The van der Waals surface area contributed by atoms with Crippen molar-refractivity contribution in [2.45, 2.75) is 12.5 Å². The zero-order valence-corrected chi connectivity index (χ0v) is 10.1. The highest BCUT2D eigenvalue weighted by atomic mass is 35.5. The fourth-order valence-corrected chi connectivity index (χ4v) is 1.44. The molecule has 0 aliphatic heterocycles. The Labute approximate surface area is 108 Å². The molecule has 5 nitrogen and oxygen atoms in total. The van der Waals surface area contributed by atoms with Gasteiger partial charge in [-0.3, -0.25) is 9.59 Å². The maximum Gasteiger partial charge on any atom is 0.321 e. The molecule has 1 aromatic rings. The van der Waals surface area contributed by atoms with Crippen LogP contribution in [0, 0.1) is 0 Å². The molecule has 1 unspecified atom stereocenters. The van der Waals surface area contributed by atoms with Crippen molar-refractivity contribution < 1.29 is 14.7 Å². The Bertz CT molecular complexity index is 451.